The van der Waals surface area contributed by atoms with Crippen LogP contribution in [0.2, 0.25) is 0 Å². The number of imidazole rings is 2. The van der Waals surface area contributed by atoms with Crippen LogP contribution in [-0.4, -0.2) is 107 Å². The number of methoxy groups -OCH3 is 4. The van der Waals surface area contributed by atoms with Gasteiger partial charge in [-0.15, -0.1) is 10.2 Å². The van der Waals surface area contributed by atoms with Gasteiger partial charge >= 0.3 is 0 Å². The van der Waals surface area contributed by atoms with Crippen LogP contribution in [0.3, 0.4) is 0 Å². The summed E-state index contributed by atoms with van der Waals surface area (Å²) in [5, 5.41) is 26.3. The van der Waals surface area contributed by atoms with Crippen molar-refractivity contribution in [2.24, 2.45) is 0 Å². The van der Waals surface area contributed by atoms with Gasteiger partial charge in [-0.3, -0.25) is 0 Å². The maximum Gasteiger partial charge on any atom is 0.238 e. The highest BCUT2D eigenvalue weighted by atomic mass is 16.5. The Morgan fingerprint density at radius 2 is 0.959 bits per heavy atom. The number of fused-ring (bicyclic) bond motifs is 2. The standard InChI is InChI=1S/2C27H26N8O2/c2*1-17-15-34(16-28-17)23-10-9-22(30-27(23)37-3)25-31-26-19(6-5-13-35(26)33-25)18-8-11-24(36-2)20(14-18)21-7-4-12-29-32-21/h2*4,7-12,14-16,19H,5-6,13H2,1-3H3/t2*19-/m10/s1. The molecule has 0 saturated heterocycles. The summed E-state index contributed by atoms with van der Waals surface area (Å²) < 4.78 is 30.2. The molecular weight excluding hydrogens is 937 g/mol. The average molecular weight is 989 g/mol. The molecule has 0 radical (unpaired) electrons. The van der Waals surface area contributed by atoms with E-state index in [1.165, 1.54) is 0 Å². The minimum atomic E-state index is 0.0893. The van der Waals surface area contributed by atoms with Crippen molar-refractivity contribution in [1.82, 2.24) is 79.0 Å². The highest BCUT2D eigenvalue weighted by molar-refractivity contribution is 5.69. The average Bonchev–Trinajstić information content (AvgIpc) is 4.30. The monoisotopic (exact) mass is 988 g/mol. The Kier molecular flexibility index (Phi) is 13.1. The topological polar surface area (TPSA) is 211 Å². The second-order valence-corrected chi connectivity index (χ2v) is 17.9. The Bertz CT molecular complexity index is 3360. The molecule has 10 aromatic rings. The summed E-state index contributed by atoms with van der Waals surface area (Å²) in [6.07, 6.45) is 14.6. The summed E-state index contributed by atoms with van der Waals surface area (Å²) in [5.41, 5.74) is 10.4. The van der Waals surface area contributed by atoms with Gasteiger partial charge in [0, 0.05) is 60.8 Å². The van der Waals surface area contributed by atoms with E-state index >= 15 is 0 Å². The lowest BCUT2D eigenvalue weighted by Crippen LogP contribution is -2.18. The van der Waals surface area contributed by atoms with Crippen LogP contribution in [0.15, 0.2) is 122 Å². The number of ether oxygens (including phenoxy) is 4. The molecule has 0 bridgehead atoms. The number of nitrogens with zero attached hydrogens (tertiary/aromatic N) is 16. The quantitative estimate of drug-likeness (QED) is 0.112. The predicted molar refractivity (Wildman–Crippen MR) is 274 cm³/mol. The molecule has 2 aliphatic heterocycles. The van der Waals surface area contributed by atoms with Gasteiger partial charge in [0.25, 0.3) is 0 Å². The van der Waals surface area contributed by atoms with Crippen molar-refractivity contribution in [3.8, 4) is 80.2 Å². The molecule has 0 fully saturated rings. The summed E-state index contributed by atoms with van der Waals surface area (Å²) in [6, 6.07) is 27.8. The van der Waals surface area contributed by atoms with Crippen LogP contribution < -0.4 is 18.9 Å². The first-order valence-corrected chi connectivity index (χ1v) is 24.2. The van der Waals surface area contributed by atoms with Gasteiger partial charge in [-0.25, -0.2) is 39.3 Å². The lowest BCUT2D eigenvalue weighted by Gasteiger charge is -2.23. The van der Waals surface area contributed by atoms with Gasteiger partial charge in [0.15, 0.2) is 11.6 Å². The molecule has 0 aliphatic carbocycles. The van der Waals surface area contributed by atoms with E-state index in [1.54, 1.807) is 53.5 Å². The molecule has 2 atom stereocenters. The van der Waals surface area contributed by atoms with Gasteiger partial charge in [0.05, 0.1) is 63.9 Å². The summed E-state index contributed by atoms with van der Waals surface area (Å²) in [5.74, 6) is 5.67. The molecule has 372 valence electrons. The maximum absolute atomic E-state index is 5.61. The Balaban J connectivity index is 0.000000159. The Morgan fingerprint density at radius 1 is 0.500 bits per heavy atom. The molecule has 0 saturated carbocycles. The van der Waals surface area contributed by atoms with Gasteiger partial charge in [-0.1, -0.05) is 12.1 Å². The molecule has 20 nitrogen and oxygen atoms in total. The number of rotatable bonds is 12. The van der Waals surface area contributed by atoms with E-state index in [1.807, 2.05) is 105 Å². The normalized spacial score (nSPS) is 14.8. The summed E-state index contributed by atoms with van der Waals surface area (Å²) in [7, 11) is 6.55. The van der Waals surface area contributed by atoms with Crippen LogP contribution in [-0.2, 0) is 13.1 Å². The SMILES string of the molecule is COc1ccc([C@@H]2CCCn3nc(-c4ccc(-n5cnc(C)c5)c(OC)n4)nc32)cc1-c1cccnn1.COc1ccc([C@H]2CCCn3nc(-c4ccc(-n5cnc(C)c5)c(OC)n4)nc32)cc1-c1cccnn1. The van der Waals surface area contributed by atoms with Gasteiger partial charge in [0.1, 0.15) is 45.9 Å². The molecule has 0 spiro atoms. The number of benzene rings is 2. The zero-order valence-corrected chi connectivity index (χ0v) is 41.7. The van der Waals surface area contributed by atoms with E-state index in [9.17, 15) is 0 Å². The molecule has 8 aromatic heterocycles. The molecule has 2 aromatic carbocycles. The molecule has 0 amide bonds. The van der Waals surface area contributed by atoms with E-state index in [4.69, 9.17) is 49.1 Å². The fraction of sp³-hybridized carbons (Fsp3) is 0.259. The van der Waals surface area contributed by atoms with Gasteiger partial charge in [-0.05, 0) is 123 Å². The van der Waals surface area contributed by atoms with Crippen molar-refractivity contribution in [3.63, 3.8) is 0 Å². The molecule has 10 heterocycles. The highest BCUT2D eigenvalue weighted by Crippen LogP contribution is 2.40. The van der Waals surface area contributed by atoms with E-state index in [0.717, 1.165) is 118 Å². The summed E-state index contributed by atoms with van der Waals surface area (Å²) in [6.45, 7) is 5.52. The van der Waals surface area contributed by atoms with E-state index < -0.39 is 0 Å². The molecule has 0 N–H and O–H groups in total. The number of hydrogen-bond acceptors (Lipinski definition) is 16. The number of aryl methyl sites for hydroxylation is 4. The fourth-order valence-corrected chi connectivity index (χ4v) is 9.64. The Hall–Kier alpha value is -9.20. The van der Waals surface area contributed by atoms with Gasteiger partial charge in [-0.2, -0.15) is 20.4 Å². The van der Waals surface area contributed by atoms with Crippen LogP contribution in [0.4, 0.5) is 0 Å². The third-order valence-corrected chi connectivity index (χ3v) is 13.2. The van der Waals surface area contributed by atoms with Crippen LogP contribution in [0, 0.1) is 13.8 Å². The van der Waals surface area contributed by atoms with Crippen LogP contribution in [0.25, 0.3) is 56.9 Å². The summed E-state index contributed by atoms with van der Waals surface area (Å²) in [4.78, 5) is 28.0. The van der Waals surface area contributed by atoms with Crippen molar-refractivity contribution in [3.05, 3.63) is 157 Å². The minimum absolute atomic E-state index is 0.0893. The second-order valence-electron chi connectivity index (χ2n) is 17.9. The van der Waals surface area contributed by atoms with E-state index in [2.05, 4.69) is 54.6 Å². The van der Waals surface area contributed by atoms with Crippen molar-refractivity contribution >= 4 is 0 Å². The molecule has 0 unspecified atom stereocenters. The molecule has 12 rings (SSSR count). The first-order valence-electron chi connectivity index (χ1n) is 24.2. The maximum atomic E-state index is 5.61. The lowest BCUT2D eigenvalue weighted by atomic mass is 9.89. The largest absolute Gasteiger partial charge is 0.496 e. The van der Waals surface area contributed by atoms with Crippen molar-refractivity contribution in [2.45, 2.75) is 64.5 Å². The lowest BCUT2D eigenvalue weighted by molar-refractivity contribution is 0.396. The number of aromatic nitrogens is 16. The van der Waals surface area contributed by atoms with Crippen LogP contribution in [0.5, 0.6) is 23.3 Å². The third kappa shape index (κ3) is 9.28. The Labute approximate surface area is 426 Å². The van der Waals surface area contributed by atoms with Gasteiger partial charge in [0.2, 0.25) is 11.8 Å². The first kappa shape index (κ1) is 47.1. The van der Waals surface area contributed by atoms with Crippen molar-refractivity contribution < 1.29 is 18.9 Å². The highest BCUT2D eigenvalue weighted by Gasteiger charge is 2.30. The Morgan fingerprint density at radius 3 is 1.34 bits per heavy atom. The fourth-order valence-electron chi connectivity index (χ4n) is 9.64. The summed E-state index contributed by atoms with van der Waals surface area (Å²) >= 11 is 0. The number of pyridine rings is 2. The molecule has 74 heavy (non-hydrogen) atoms. The zero-order chi connectivity index (χ0) is 50.7. The molecule has 20 heteroatoms. The zero-order valence-electron chi connectivity index (χ0n) is 41.7. The third-order valence-electron chi connectivity index (χ3n) is 13.2. The van der Waals surface area contributed by atoms with Crippen LogP contribution >= 0.6 is 0 Å². The smallest absolute Gasteiger partial charge is 0.238 e. The molecule has 2 aliphatic rings. The minimum Gasteiger partial charge on any atom is -0.496 e. The number of hydrogen-bond donors (Lipinski definition) is 0. The van der Waals surface area contributed by atoms with Gasteiger partial charge < -0.3 is 28.1 Å². The van der Waals surface area contributed by atoms with Crippen molar-refractivity contribution in [1.29, 1.82) is 0 Å². The van der Waals surface area contributed by atoms with Crippen molar-refractivity contribution in [2.75, 3.05) is 28.4 Å². The van der Waals surface area contributed by atoms with Crippen LogP contribution in [0.1, 0.15) is 71.7 Å². The molecular formula is C54H52N16O4. The predicted octanol–water partition coefficient (Wildman–Crippen LogP) is 8.47. The second kappa shape index (κ2) is 20.5. The first-order chi connectivity index (χ1) is 36.3. The van der Waals surface area contributed by atoms with E-state index in [-0.39, 0.29) is 11.8 Å². The van der Waals surface area contributed by atoms with E-state index in [0.29, 0.717) is 34.8 Å².